The highest BCUT2D eigenvalue weighted by atomic mass is 35.5. The molecule has 4 rings (SSSR count). The number of thioether (sulfide) groups is 1. The topological polar surface area (TPSA) is 68.3 Å². The first-order valence-electron chi connectivity index (χ1n) is 10.2. The number of benzene rings is 2. The van der Waals surface area contributed by atoms with E-state index < -0.39 is 5.25 Å². The Morgan fingerprint density at radius 1 is 1.19 bits per heavy atom. The summed E-state index contributed by atoms with van der Waals surface area (Å²) >= 11 is 7.38. The standard InChI is InChI=1S/C24H22ClN3O3S/c1-3-27(18-8-5-4-6-9-18)22(29)16(2)32-24-26-21-14-17(25)11-12-20(21)23(30)28(24)15-19-10-7-13-31-19/h4-14,16H,3,15H2,1-2H3/t16-/m1/s1. The van der Waals surface area contributed by atoms with Gasteiger partial charge in [0.15, 0.2) is 5.16 Å². The van der Waals surface area contributed by atoms with Crippen molar-refractivity contribution in [1.29, 1.82) is 0 Å². The highest BCUT2D eigenvalue weighted by molar-refractivity contribution is 8.00. The summed E-state index contributed by atoms with van der Waals surface area (Å²) in [6.07, 6.45) is 1.56. The second-order valence-corrected chi connectivity index (χ2v) is 8.95. The van der Waals surface area contributed by atoms with Crippen LogP contribution in [0.1, 0.15) is 19.6 Å². The first-order chi connectivity index (χ1) is 15.5. The van der Waals surface area contributed by atoms with E-state index in [1.54, 1.807) is 46.1 Å². The van der Waals surface area contributed by atoms with Crippen LogP contribution in [0.3, 0.4) is 0 Å². The van der Waals surface area contributed by atoms with E-state index in [-0.39, 0.29) is 18.0 Å². The lowest BCUT2D eigenvalue weighted by molar-refractivity contribution is -0.117. The Labute approximate surface area is 194 Å². The van der Waals surface area contributed by atoms with Gasteiger partial charge < -0.3 is 9.32 Å². The molecule has 0 N–H and O–H groups in total. The zero-order chi connectivity index (χ0) is 22.7. The third kappa shape index (κ3) is 4.59. The highest BCUT2D eigenvalue weighted by Crippen LogP contribution is 2.27. The maximum atomic E-state index is 13.3. The molecule has 0 aliphatic heterocycles. The van der Waals surface area contributed by atoms with Gasteiger partial charge in [-0.1, -0.05) is 41.6 Å². The Morgan fingerprint density at radius 2 is 1.97 bits per heavy atom. The summed E-state index contributed by atoms with van der Waals surface area (Å²) in [4.78, 5) is 33.0. The summed E-state index contributed by atoms with van der Waals surface area (Å²) in [7, 11) is 0. The average Bonchev–Trinajstić information content (AvgIpc) is 3.30. The third-order valence-electron chi connectivity index (χ3n) is 5.06. The van der Waals surface area contributed by atoms with E-state index in [2.05, 4.69) is 4.98 Å². The van der Waals surface area contributed by atoms with Crippen molar-refractivity contribution in [3.63, 3.8) is 0 Å². The van der Waals surface area contributed by atoms with Crippen LogP contribution in [-0.4, -0.2) is 27.3 Å². The van der Waals surface area contributed by atoms with Crippen LogP contribution in [0.4, 0.5) is 5.69 Å². The number of halogens is 1. The fourth-order valence-corrected chi connectivity index (χ4v) is 4.60. The van der Waals surface area contributed by atoms with Gasteiger partial charge in [-0.05, 0) is 56.3 Å². The van der Waals surface area contributed by atoms with E-state index >= 15 is 0 Å². The monoisotopic (exact) mass is 467 g/mol. The Kier molecular flexibility index (Phi) is 6.67. The maximum Gasteiger partial charge on any atom is 0.262 e. The van der Waals surface area contributed by atoms with Crippen LogP contribution in [0.15, 0.2) is 81.3 Å². The van der Waals surface area contributed by atoms with Gasteiger partial charge in [0.2, 0.25) is 5.91 Å². The normalized spacial score (nSPS) is 12.1. The summed E-state index contributed by atoms with van der Waals surface area (Å²) in [5.74, 6) is 0.566. The smallest absolute Gasteiger partial charge is 0.262 e. The van der Waals surface area contributed by atoms with Gasteiger partial charge in [0.1, 0.15) is 5.76 Å². The number of amides is 1. The molecule has 6 nitrogen and oxygen atoms in total. The maximum absolute atomic E-state index is 13.3. The number of hydrogen-bond acceptors (Lipinski definition) is 5. The SMILES string of the molecule is CCN(C(=O)[C@@H](C)Sc1nc2cc(Cl)ccc2c(=O)n1Cc1ccco1)c1ccccc1. The van der Waals surface area contributed by atoms with Gasteiger partial charge in [0, 0.05) is 17.3 Å². The van der Waals surface area contributed by atoms with Crippen LogP contribution < -0.4 is 10.5 Å². The number of carbonyl (C=O) groups excluding carboxylic acids is 1. The minimum atomic E-state index is -0.471. The number of aromatic nitrogens is 2. The largest absolute Gasteiger partial charge is 0.467 e. The number of fused-ring (bicyclic) bond motifs is 1. The minimum Gasteiger partial charge on any atom is -0.467 e. The molecule has 2 aromatic carbocycles. The lowest BCUT2D eigenvalue weighted by Crippen LogP contribution is -2.37. The first kappa shape index (κ1) is 22.2. The highest BCUT2D eigenvalue weighted by Gasteiger charge is 2.24. The fraction of sp³-hybridized carbons (Fsp3) is 0.208. The molecule has 0 radical (unpaired) electrons. The Balaban J connectivity index is 1.72. The van der Waals surface area contributed by atoms with E-state index in [1.165, 1.54) is 11.8 Å². The molecule has 0 aliphatic carbocycles. The minimum absolute atomic E-state index is 0.0614. The molecule has 1 amide bonds. The van der Waals surface area contributed by atoms with Crippen molar-refractivity contribution in [2.24, 2.45) is 0 Å². The molecule has 1 atom stereocenters. The van der Waals surface area contributed by atoms with Gasteiger partial charge in [0.05, 0.1) is 29.0 Å². The predicted molar refractivity (Wildman–Crippen MR) is 129 cm³/mol. The summed E-state index contributed by atoms with van der Waals surface area (Å²) < 4.78 is 7.00. The summed E-state index contributed by atoms with van der Waals surface area (Å²) in [6.45, 7) is 4.51. The summed E-state index contributed by atoms with van der Waals surface area (Å²) in [5, 5.41) is 0.922. The molecule has 164 valence electrons. The van der Waals surface area contributed by atoms with Crippen molar-refractivity contribution in [1.82, 2.24) is 9.55 Å². The third-order valence-corrected chi connectivity index (χ3v) is 6.37. The first-order valence-corrected chi connectivity index (χ1v) is 11.5. The number of carbonyl (C=O) groups is 1. The molecule has 0 bridgehead atoms. The van der Waals surface area contributed by atoms with Crippen molar-refractivity contribution < 1.29 is 9.21 Å². The van der Waals surface area contributed by atoms with Gasteiger partial charge in [-0.15, -0.1) is 0 Å². The van der Waals surface area contributed by atoms with Gasteiger partial charge in [0.25, 0.3) is 5.56 Å². The molecule has 0 unspecified atom stereocenters. The molecule has 0 fully saturated rings. The van der Waals surface area contributed by atoms with E-state index in [1.807, 2.05) is 44.2 Å². The molecular weight excluding hydrogens is 446 g/mol. The summed E-state index contributed by atoms with van der Waals surface area (Å²) in [5.41, 5.74) is 1.12. The molecule has 2 heterocycles. The van der Waals surface area contributed by atoms with Crippen LogP contribution in [0.25, 0.3) is 10.9 Å². The lowest BCUT2D eigenvalue weighted by atomic mass is 10.2. The van der Waals surface area contributed by atoms with Crippen LogP contribution >= 0.6 is 23.4 Å². The number of para-hydroxylation sites is 1. The van der Waals surface area contributed by atoms with E-state index in [0.29, 0.717) is 33.4 Å². The van der Waals surface area contributed by atoms with E-state index in [9.17, 15) is 9.59 Å². The molecule has 0 aliphatic rings. The fourth-order valence-electron chi connectivity index (χ4n) is 3.46. The second-order valence-electron chi connectivity index (χ2n) is 7.20. The quantitative estimate of drug-likeness (QED) is 0.275. The number of rotatable bonds is 7. The van der Waals surface area contributed by atoms with Crippen molar-refractivity contribution in [2.75, 3.05) is 11.4 Å². The number of hydrogen-bond donors (Lipinski definition) is 0. The molecule has 32 heavy (non-hydrogen) atoms. The average molecular weight is 468 g/mol. The molecule has 0 saturated heterocycles. The molecule has 8 heteroatoms. The van der Waals surface area contributed by atoms with Crippen molar-refractivity contribution in [3.8, 4) is 0 Å². The van der Waals surface area contributed by atoms with Gasteiger partial charge >= 0.3 is 0 Å². The van der Waals surface area contributed by atoms with Crippen LogP contribution in [0.5, 0.6) is 0 Å². The van der Waals surface area contributed by atoms with Gasteiger partial charge in [-0.3, -0.25) is 14.2 Å². The van der Waals surface area contributed by atoms with Crippen molar-refractivity contribution in [3.05, 3.63) is 88.1 Å². The molecule has 0 spiro atoms. The molecule has 2 aromatic heterocycles. The lowest BCUT2D eigenvalue weighted by Gasteiger charge is -2.24. The predicted octanol–water partition coefficient (Wildman–Crippen LogP) is 5.22. The Bertz CT molecular complexity index is 1290. The number of anilines is 1. The molecule has 4 aromatic rings. The van der Waals surface area contributed by atoms with Gasteiger partial charge in [-0.2, -0.15) is 0 Å². The summed E-state index contributed by atoms with van der Waals surface area (Å²) in [6, 6.07) is 18.1. The zero-order valence-corrected chi connectivity index (χ0v) is 19.3. The van der Waals surface area contributed by atoms with Crippen LogP contribution in [0.2, 0.25) is 5.02 Å². The molecule has 0 saturated carbocycles. The number of nitrogens with zero attached hydrogens (tertiary/aromatic N) is 3. The Hall–Kier alpha value is -3.03. The van der Waals surface area contributed by atoms with E-state index in [0.717, 1.165) is 5.69 Å². The second kappa shape index (κ2) is 9.63. The number of furan rings is 1. The van der Waals surface area contributed by atoms with Crippen LogP contribution in [0, 0.1) is 0 Å². The zero-order valence-electron chi connectivity index (χ0n) is 17.7. The van der Waals surface area contributed by atoms with Crippen molar-refractivity contribution >= 4 is 45.9 Å². The van der Waals surface area contributed by atoms with Crippen molar-refractivity contribution in [2.45, 2.75) is 30.8 Å². The van der Waals surface area contributed by atoms with Gasteiger partial charge in [-0.25, -0.2) is 4.98 Å². The Morgan fingerprint density at radius 3 is 2.66 bits per heavy atom. The van der Waals surface area contributed by atoms with Crippen LogP contribution in [-0.2, 0) is 11.3 Å². The van der Waals surface area contributed by atoms with E-state index in [4.69, 9.17) is 16.0 Å². The molecular formula is C24H22ClN3O3S.